The first kappa shape index (κ1) is 14.3. The molecule has 2 nitrogen and oxygen atoms in total. The Kier molecular flexibility index (Phi) is 7.02. The first-order valence-corrected chi connectivity index (χ1v) is 7.01. The molecule has 0 aliphatic heterocycles. The zero-order valence-electron chi connectivity index (χ0n) is 11.6. The molecule has 1 aromatic heterocycles. The third-order valence-electron chi connectivity index (χ3n) is 3.16. The van der Waals surface area contributed by atoms with E-state index in [1.54, 1.807) is 0 Å². The number of unbranched alkanes of at least 4 members (excludes halogenated alkanes) is 4. The van der Waals surface area contributed by atoms with Gasteiger partial charge in [0, 0.05) is 6.04 Å². The molecule has 0 aliphatic rings. The molecule has 0 amide bonds. The van der Waals surface area contributed by atoms with Crippen LogP contribution in [-0.2, 0) is 6.54 Å². The molecular weight excluding hydrogens is 210 g/mol. The number of nitrogens with one attached hydrogen (secondary N) is 1. The van der Waals surface area contributed by atoms with Gasteiger partial charge in [-0.3, -0.25) is 0 Å². The summed E-state index contributed by atoms with van der Waals surface area (Å²) in [5.74, 6) is 2.04. The third kappa shape index (κ3) is 6.52. The molecule has 1 heterocycles. The van der Waals surface area contributed by atoms with Crippen LogP contribution in [0.25, 0.3) is 0 Å². The summed E-state index contributed by atoms with van der Waals surface area (Å²) in [4.78, 5) is 0. The van der Waals surface area contributed by atoms with Crippen molar-refractivity contribution in [1.29, 1.82) is 0 Å². The maximum atomic E-state index is 5.53. The van der Waals surface area contributed by atoms with Gasteiger partial charge < -0.3 is 9.73 Å². The summed E-state index contributed by atoms with van der Waals surface area (Å²) < 4.78 is 5.53. The molecule has 1 unspecified atom stereocenters. The van der Waals surface area contributed by atoms with E-state index in [9.17, 15) is 0 Å². The lowest BCUT2D eigenvalue weighted by molar-refractivity contribution is 0.422. The van der Waals surface area contributed by atoms with Crippen LogP contribution in [-0.4, -0.2) is 6.04 Å². The van der Waals surface area contributed by atoms with Crippen LogP contribution in [0.4, 0.5) is 0 Å². The second-order valence-electron chi connectivity index (χ2n) is 5.00. The predicted molar refractivity (Wildman–Crippen MR) is 73.1 cm³/mol. The molecule has 1 N–H and O–H groups in total. The molecule has 0 radical (unpaired) electrons. The molecule has 98 valence electrons. The largest absolute Gasteiger partial charge is 0.465 e. The number of hydrogen-bond acceptors (Lipinski definition) is 2. The highest BCUT2D eigenvalue weighted by Gasteiger charge is 2.03. The lowest BCUT2D eigenvalue weighted by atomic mass is 10.1. The van der Waals surface area contributed by atoms with E-state index in [0.29, 0.717) is 6.04 Å². The van der Waals surface area contributed by atoms with Gasteiger partial charge in [-0.1, -0.05) is 39.0 Å². The van der Waals surface area contributed by atoms with Crippen molar-refractivity contribution in [3.8, 4) is 0 Å². The molecule has 0 aliphatic carbocycles. The number of hydrogen-bond donors (Lipinski definition) is 1. The van der Waals surface area contributed by atoms with Crippen LogP contribution < -0.4 is 5.32 Å². The van der Waals surface area contributed by atoms with Gasteiger partial charge in [-0.05, 0) is 32.4 Å². The normalized spacial score (nSPS) is 12.9. The quantitative estimate of drug-likeness (QED) is 0.643. The fourth-order valence-corrected chi connectivity index (χ4v) is 2.01. The van der Waals surface area contributed by atoms with Crippen LogP contribution in [0.5, 0.6) is 0 Å². The van der Waals surface area contributed by atoms with Crippen molar-refractivity contribution < 1.29 is 4.42 Å². The summed E-state index contributed by atoms with van der Waals surface area (Å²) in [5.41, 5.74) is 0. The Bertz CT molecular complexity index is 293. The van der Waals surface area contributed by atoms with Gasteiger partial charge in [0.2, 0.25) is 0 Å². The maximum absolute atomic E-state index is 5.53. The fraction of sp³-hybridized carbons (Fsp3) is 0.733. The highest BCUT2D eigenvalue weighted by molar-refractivity contribution is 5.05. The molecule has 1 rings (SSSR count). The molecule has 1 atom stereocenters. The van der Waals surface area contributed by atoms with Crippen molar-refractivity contribution in [3.05, 3.63) is 23.7 Å². The Balaban J connectivity index is 2.03. The summed E-state index contributed by atoms with van der Waals surface area (Å²) >= 11 is 0. The van der Waals surface area contributed by atoms with Gasteiger partial charge in [0.1, 0.15) is 11.5 Å². The van der Waals surface area contributed by atoms with Crippen molar-refractivity contribution in [1.82, 2.24) is 5.32 Å². The van der Waals surface area contributed by atoms with Crippen molar-refractivity contribution in [3.63, 3.8) is 0 Å². The molecule has 0 spiro atoms. The topological polar surface area (TPSA) is 25.2 Å². The first-order chi connectivity index (χ1) is 8.22. The van der Waals surface area contributed by atoms with E-state index in [4.69, 9.17) is 4.42 Å². The molecule has 17 heavy (non-hydrogen) atoms. The minimum Gasteiger partial charge on any atom is -0.465 e. The van der Waals surface area contributed by atoms with Crippen LogP contribution in [0.3, 0.4) is 0 Å². The monoisotopic (exact) mass is 237 g/mol. The number of aryl methyl sites for hydroxylation is 1. The molecule has 0 fully saturated rings. The maximum Gasteiger partial charge on any atom is 0.117 e. The summed E-state index contributed by atoms with van der Waals surface area (Å²) in [6.45, 7) is 7.36. The van der Waals surface area contributed by atoms with Gasteiger partial charge >= 0.3 is 0 Å². The highest BCUT2D eigenvalue weighted by atomic mass is 16.3. The van der Waals surface area contributed by atoms with Crippen LogP contribution in [0, 0.1) is 6.92 Å². The minimum atomic E-state index is 0.585. The molecule has 2 heteroatoms. The van der Waals surface area contributed by atoms with Crippen LogP contribution in [0.15, 0.2) is 16.5 Å². The first-order valence-electron chi connectivity index (χ1n) is 7.01. The molecule has 0 saturated heterocycles. The van der Waals surface area contributed by atoms with Crippen molar-refractivity contribution in [2.24, 2.45) is 0 Å². The Morgan fingerprint density at radius 3 is 2.59 bits per heavy atom. The van der Waals surface area contributed by atoms with Gasteiger partial charge in [0.25, 0.3) is 0 Å². The average Bonchev–Trinajstić information content (AvgIpc) is 2.72. The molecule has 0 saturated carbocycles. The number of rotatable bonds is 9. The van der Waals surface area contributed by atoms with Gasteiger partial charge in [0.15, 0.2) is 0 Å². The van der Waals surface area contributed by atoms with E-state index in [-0.39, 0.29) is 0 Å². The summed E-state index contributed by atoms with van der Waals surface area (Å²) in [7, 11) is 0. The van der Waals surface area contributed by atoms with Crippen LogP contribution in [0.2, 0.25) is 0 Å². The summed E-state index contributed by atoms with van der Waals surface area (Å²) in [6.07, 6.45) is 8.08. The average molecular weight is 237 g/mol. The zero-order valence-corrected chi connectivity index (χ0v) is 11.6. The van der Waals surface area contributed by atoms with E-state index in [2.05, 4.69) is 25.2 Å². The summed E-state index contributed by atoms with van der Waals surface area (Å²) in [5, 5.41) is 3.51. The highest BCUT2D eigenvalue weighted by Crippen LogP contribution is 2.09. The summed E-state index contributed by atoms with van der Waals surface area (Å²) in [6, 6.07) is 4.66. The molecule has 0 aromatic carbocycles. The smallest absolute Gasteiger partial charge is 0.117 e. The Labute approximate surface area is 106 Å². The standard InChI is InChI=1S/C15H27NO/c1-4-5-6-7-8-9-13(2)16-12-15-11-10-14(3)17-15/h10-11,13,16H,4-9,12H2,1-3H3. The minimum absolute atomic E-state index is 0.585. The Hall–Kier alpha value is -0.760. The fourth-order valence-electron chi connectivity index (χ4n) is 2.01. The lowest BCUT2D eigenvalue weighted by Gasteiger charge is -2.12. The lowest BCUT2D eigenvalue weighted by Crippen LogP contribution is -2.25. The molecule has 0 bridgehead atoms. The van der Waals surface area contributed by atoms with Crippen molar-refractivity contribution in [2.75, 3.05) is 0 Å². The van der Waals surface area contributed by atoms with E-state index in [1.807, 2.05) is 13.0 Å². The Morgan fingerprint density at radius 1 is 1.18 bits per heavy atom. The SMILES string of the molecule is CCCCCCCC(C)NCc1ccc(C)o1. The van der Waals surface area contributed by atoms with Gasteiger partial charge in [-0.25, -0.2) is 0 Å². The molecule has 1 aromatic rings. The van der Waals surface area contributed by atoms with Crippen molar-refractivity contribution >= 4 is 0 Å². The second kappa shape index (κ2) is 8.35. The second-order valence-corrected chi connectivity index (χ2v) is 5.00. The van der Waals surface area contributed by atoms with E-state index >= 15 is 0 Å². The van der Waals surface area contributed by atoms with Gasteiger partial charge in [-0.15, -0.1) is 0 Å². The van der Waals surface area contributed by atoms with E-state index in [1.165, 1.54) is 38.5 Å². The van der Waals surface area contributed by atoms with E-state index in [0.717, 1.165) is 18.1 Å². The van der Waals surface area contributed by atoms with Gasteiger partial charge in [0.05, 0.1) is 6.54 Å². The zero-order chi connectivity index (χ0) is 12.5. The number of furan rings is 1. The van der Waals surface area contributed by atoms with Crippen molar-refractivity contribution in [2.45, 2.75) is 71.9 Å². The predicted octanol–water partition coefficient (Wildman–Crippen LogP) is 4.43. The van der Waals surface area contributed by atoms with E-state index < -0.39 is 0 Å². The third-order valence-corrected chi connectivity index (χ3v) is 3.16. The van der Waals surface area contributed by atoms with Gasteiger partial charge in [-0.2, -0.15) is 0 Å². The molecular formula is C15H27NO. The van der Waals surface area contributed by atoms with Crippen LogP contribution >= 0.6 is 0 Å². The van der Waals surface area contributed by atoms with Crippen LogP contribution in [0.1, 0.15) is 63.9 Å². The Morgan fingerprint density at radius 2 is 1.94 bits per heavy atom.